The van der Waals surface area contributed by atoms with E-state index in [-0.39, 0.29) is 16.9 Å². The highest BCUT2D eigenvalue weighted by molar-refractivity contribution is 7.17. The quantitative estimate of drug-likeness (QED) is 0.182. The number of amides is 4. The van der Waals surface area contributed by atoms with Crippen molar-refractivity contribution < 1.29 is 45.6 Å². The number of thiazole rings is 1. The number of nitrogens with zero attached hydrogens (tertiary/aromatic N) is 4. The standard InChI is InChI=1S/C22H14F6N6O5S/c1-33(19(37)31-17(35)11-6-4-7-13(9-11)34(38)39)20-30-16(22(26,27)28)15(40-20)18(36)32-29-10-12-5-2-3-8-14(12)21(23,24)25/h2-10H,1H3,(H,32,36)(H,31,35,37)/b29-10+. The van der Waals surface area contributed by atoms with Crippen LogP contribution in [0.2, 0.25) is 0 Å². The van der Waals surface area contributed by atoms with Crippen molar-refractivity contribution in [1.82, 2.24) is 15.7 Å². The van der Waals surface area contributed by atoms with Gasteiger partial charge in [0.2, 0.25) is 0 Å². The predicted octanol–water partition coefficient (Wildman–Crippen LogP) is 4.84. The summed E-state index contributed by atoms with van der Waals surface area (Å²) in [5.74, 6) is -2.60. The van der Waals surface area contributed by atoms with Gasteiger partial charge in [0.05, 0.1) is 16.7 Å². The summed E-state index contributed by atoms with van der Waals surface area (Å²) in [4.78, 5) is 49.9. The molecule has 3 rings (SSSR count). The number of aromatic nitrogens is 1. The van der Waals surface area contributed by atoms with Crippen molar-refractivity contribution >= 4 is 46.2 Å². The molecule has 4 amide bonds. The first kappa shape index (κ1) is 29.7. The number of alkyl halides is 6. The first-order valence-electron chi connectivity index (χ1n) is 10.5. The third kappa shape index (κ3) is 6.95. The lowest BCUT2D eigenvalue weighted by molar-refractivity contribution is -0.384. The minimum atomic E-state index is -5.19. The van der Waals surface area contributed by atoms with Crippen LogP contribution in [0.1, 0.15) is 36.9 Å². The largest absolute Gasteiger partial charge is 0.435 e. The average molecular weight is 588 g/mol. The van der Waals surface area contributed by atoms with Gasteiger partial charge in [0.15, 0.2) is 10.8 Å². The Hall–Kier alpha value is -4.87. The number of rotatable bonds is 6. The number of carbonyl (C=O) groups excluding carboxylic acids is 3. The Morgan fingerprint density at radius 1 is 1.02 bits per heavy atom. The lowest BCUT2D eigenvalue weighted by Gasteiger charge is -2.14. The van der Waals surface area contributed by atoms with Crippen LogP contribution in [-0.2, 0) is 12.4 Å². The van der Waals surface area contributed by atoms with Crippen molar-refractivity contribution in [2.45, 2.75) is 12.4 Å². The summed E-state index contributed by atoms with van der Waals surface area (Å²) < 4.78 is 80.0. The number of hydrogen-bond acceptors (Lipinski definition) is 8. The second kappa shape index (κ2) is 11.5. The molecule has 11 nitrogen and oxygen atoms in total. The molecule has 3 aromatic rings. The topological polar surface area (TPSA) is 147 Å². The third-order valence-corrected chi connectivity index (χ3v) is 5.99. The van der Waals surface area contributed by atoms with Gasteiger partial charge in [-0.15, -0.1) is 0 Å². The number of urea groups is 1. The van der Waals surface area contributed by atoms with Crippen LogP contribution in [0.3, 0.4) is 0 Å². The van der Waals surface area contributed by atoms with Crippen molar-refractivity contribution in [1.29, 1.82) is 0 Å². The zero-order valence-corrected chi connectivity index (χ0v) is 20.5. The monoisotopic (exact) mass is 588 g/mol. The van der Waals surface area contributed by atoms with E-state index >= 15 is 0 Å². The molecule has 18 heteroatoms. The van der Waals surface area contributed by atoms with Crippen LogP contribution in [0.4, 0.5) is 42.0 Å². The molecule has 0 spiro atoms. The molecule has 0 saturated carbocycles. The molecule has 0 unspecified atom stereocenters. The zero-order chi connectivity index (χ0) is 29.8. The van der Waals surface area contributed by atoms with Crippen molar-refractivity contribution in [3.8, 4) is 0 Å². The van der Waals surface area contributed by atoms with Gasteiger partial charge in [0.1, 0.15) is 4.88 Å². The Bertz CT molecular complexity index is 1500. The molecular formula is C22H14F6N6O5S. The number of benzene rings is 2. The van der Waals surface area contributed by atoms with Gasteiger partial charge >= 0.3 is 18.4 Å². The second-order valence-corrected chi connectivity index (χ2v) is 8.56. The number of carbonyl (C=O) groups is 3. The van der Waals surface area contributed by atoms with Crippen molar-refractivity contribution in [2.75, 3.05) is 11.9 Å². The fourth-order valence-electron chi connectivity index (χ4n) is 2.98. The van der Waals surface area contributed by atoms with Crippen LogP contribution in [0.5, 0.6) is 0 Å². The van der Waals surface area contributed by atoms with Gasteiger partial charge in [-0.2, -0.15) is 31.4 Å². The number of non-ortho nitro benzene ring substituents is 1. The molecule has 0 radical (unpaired) electrons. The average Bonchev–Trinajstić information content (AvgIpc) is 3.34. The van der Waals surface area contributed by atoms with Crippen LogP contribution in [0.15, 0.2) is 53.6 Å². The van der Waals surface area contributed by atoms with Gasteiger partial charge in [0, 0.05) is 30.3 Å². The lowest BCUT2D eigenvalue weighted by Crippen LogP contribution is -2.40. The number of anilines is 1. The van der Waals surface area contributed by atoms with Crippen molar-refractivity contribution in [2.24, 2.45) is 5.10 Å². The number of hydrazone groups is 1. The summed E-state index contributed by atoms with van der Waals surface area (Å²) in [7, 11) is 0.933. The molecule has 2 aromatic carbocycles. The highest BCUT2D eigenvalue weighted by Gasteiger charge is 2.40. The molecule has 0 aliphatic carbocycles. The van der Waals surface area contributed by atoms with Crippen LogP contribution in [-0.4, -0.2) is 41.0 Å². The van der Waals surface area contributed by atoms with E-state index in [0.29, 0.717) is 11.1 Å². The molecule has 2 N–H and O–H groups in total. The molecular weight excluding hydrogens is 574 g/mol. The highest BCUT2D eigenvalue weighted by atomic mass is 32.1. The maximum atomic E-state index is 13.6. The maximum Gasteiger partial charge on any atom is 0.435 e. The first-order chi connectivity index (χ1) is 18.6. The van der Waals surface area contributed by atoms with E-state index in [1.807, 2.05) is 5.32 Å². The number of halogens is 6. The second-order valence-electron chi connectivity index (χ2n) is 7.58. The third-order valence-electron chi connectivity index (χ3n) is 4.86. The number of imide groups is 1. The normalized spacial score (nSPS) is 11.8. The molecule has 0 saturated heterocycles. The van der Waals surface area contributed by atoms with Crippen LogP contribution in [0, 0.1) is 10.1 Å². The van der Waals surface area contributed by atoms with Crippen molar-refractivity contribution in [3.63, 3.8) is 0 Å². The van der Waals surface area contributed by atoms with E-state index in [4.69, 9.17) is 0 Å². The van der Waals surface area contributed by atoms with Gasteiger partial charge < -0.3 is 0 Å². The maximum absolute atomic E-state index is 13.6. The number of nitrogens with one attached hydrogen (secondary N) is 2. The fraction of sp³-hybridized carbons (Fsp3) is 0.136. The molecule has 0 fully saturated rings. The summed E-state index contributed by atoms with van der Waals surface area (Å²) in [5.41, 5.74) is -2.35. The number of nitro groups is 1. The Morgan fingerprint density at radius 3 is 2.33 bits per heavy atom. The van der Waals surface area contributed by atoms with Gasteiger partial charge in [0.25, 0.3) is 17.5 Å². The van der Waals surface area contributed by atoms with Crippen LogP contribution < -0.4 is 15.6 Å². The summed E-state index contributed by atoms with van der Waals surface area (Å²) >= 11 is 0.0813. The van der Waals surface area contributed by atoms with Crippen LogP contribution >= 0.6 is 11.3 Å². The Kier molecular flexibility index (Phi) is 8.52. The van der Waals surface area contributed by atoms with E-state index in [1.165, 1.54) is 12.1 Å². The van der Waals surface area contributed by atoms with Gasteiger partial charge in [-0.05, 0) is 12.1 Å². The zero-order valence-electron chi connectivity index (χ0n) is 19.7. The van der Waals surface area contributed by atoms with Crippen molar-refractivity contribution in [3.05, 3.63) is 85.9 Å². The summed E-state index contributed by atoms with van der Waals surface area (Å²) in [6, 6.07) is 7.11. The van der Waals surface area contributed by atoms with Gasteiger partial charge in [-0.1, -0.05) is 35.6 Å². The van der Waals surface area contributed by atoms with Gasteiger partial charge in [-0.25, -0.2) is 15.2 Å². The molecule has 210 valence electrons. The predicted molar refractivity (Wildman–Crippen MR) is 128 cm³/mol. The molecule has 1 heterocycles. The van der Waals surface area contributed by atoms with E-state index in [2.05, 4.69) is 10.1 Å². The van der Waals surface area contributed by atoms with E-state index in [0.717, 1.165) is 43.4 Å². The summed E-state index contributed by atoms with van der Waals surface area (Å²) in [5, 5.41) is 15.3. The minimum Gasteiger partial charge on any atom is -0.273 e. The summed E-state index contributed by atoms with van der Waals surface area (Å²) in [6.07, 6.45) is -9.36. The van der Waals surface area contributed by atoms with E-state index in [9.17, 15) is 50.8 Å². The number of nitro benzene ring substituents is 1. The molecule has 0 aliphatic rings. The molecule has 40 heavy (non-hydrogen) atoms. The molecule has 0 bridgehead atoms. The minimum absolute atomic E-state index is 0.0813. The fourth-order valence-corrected chi connectivity index (χ4v) is 3.91. The Balaban J connectivity index is 1.80. The Morgan fingerprint density at radius 2 is 1.70 bits per heavy atom. The molecule has 0 aliphatic heterocycles. The first-order valence-corrected chi connectivity index (χ1v) is 11.3. The van der Waals surface area contributed by atoms with Gasteiger partial charge in [-0.3, -0.25) is 29.9 Å². The SMILES string of the molecule is CN(C(=O)NC(=O)c1cccc([N+](=O)[O-])c1)c1nc(C(F)(F)F)c(C(=O)N/N=C/c2ccccc2C(F)(F)F)s1. The summed E-state index contributed by atoms with van der Waals surface area (Å²) in [6.45, 7) is 0. The molecule has 1 aromatic heterocycles. The van der Waals surface area contributed by atoms with E-state index < -0.39 is 67.6 Å². The van der Waals surface area contributed by atoms with Crippen LogP contribution in [0.25, 0.3) is 0 Å². The molecule has 0 atom stereocenters. The highest BCUT2D eigenvalue weighted by Crippen LogP contribution is 2.37. The number of hydrogen-bond donors (Lipinski definition) is 2. The smallest absolute Gasteiger partial charge is 0.273 e. The lowest BCUT2D eigenvalue weighted by atomic mass is 10.1. The van der Waals surface area contributed by atoms with E-state index in [1.54, 1.807) is 5.43 Å². The Labute approximate surface area is 223 Å².